The third-order valence-electron chi connectivity index (χ3n) is 4.29. The lowest BCUT2D eigenvalue weighted by Crippen LogP contribution is -2.31. The molecule has 2 rings (SSSR count). The van der Waals surface area contributed by atoms with Crippen LogP contribution in [-0.4, -0.2) is 44.2 Å². The van der Waals surface area contributed by atoms with Crippen LogP contribution in [-0.2, 0) is 6.54 Å². The van der Waals surface area contributed by atoms with Gasteiger partial charge in [-0.15, -0.1) is 0 Å². The molecule has 0 saturated carbocycles. The SMILES string of the molecule is Cc1cc(N2CCC(N(C)C)C2)ccc1CNC(C)C. The number of likely N-dealkylation sites (N-methyl/N-ethyl adjacent to an activating group) is 1. The first-order valence-corrected chi connectivity index (χ1v) is 7.71. The molecule has 1 unspecified atom stereocenters. The van der Waals surface area contributed by atoms with E-state index in [1.165, 1.54) is 29.8 Å². The summed E-state index contributed by atoms with van der Waals surface area (Å²) < 4.78 is 0. The molecule has 1 atom stereocenters. The lowest BCUT2D eigenvalue weighted by molar-refractivity contribution is 0.315. The third kappa shape index (κ3) is 3.74. The van der Waals surface area contributed by atoms with E-state index >= 15 is 0 Å². The highest BCUT2D eigenvalue weighted by Crippen LogP contribution is 2.24. The number of aryl methyl sites for hydroxylation is 1. The minimum absolute atomic E-state index is 0.536. The number of hydrogen-bond acceptors (Lipinski definition) is 3. The van der Waals surface area contributed by atoms with Crippen molar-refractivity contribution in [2.24, 2.45) is 0 Å². The molecule has 1 aromatic rings. The molecular weight excluding hydrogens is 246 g/mol. The fourth-order valence-electron chi connectivity index (χ4n) is 2.79. The zero-order valence-electron chi connectivity index (χ0n) is 13.6. The summed E-state index contributed by atoms with van der Waals surface area (Å²) >= 11 is 0. The summed E-state index contributed by atoms with van der Waals surface area (Å²) in [4.78, 5) is 4.85. The molecule has 3 nitrogen and oxygen atoms in total. The van der Waals surface area contributed by atoms with Crippen molar-refractivity contribution in [3.63, 3.8) is 0 Å². The summed E-state index contributed by atoms with van der Waals surface area (Å²) in [6.07, 6.45) is 1.27. The summed E-state index contributed by atoms with van der Waals surface area (Å²) in [5, 5.41) is 3.49. The van der Waals surface area contributed by atoms with Crippen LogP contribution in [0.25, 0.3) is 0 Å². The van der Waals surface area contributed by atoms with E-state index in [1.807, 2.05) is 0 Å². The fourth-order valence-corrected chi connectivity index (χ4v) is 2.79. The molecule has 0 aliphatic carbocycles. The first-order valence-electron chi connectivity index (χ1n) is 7.71. The van der Waals surface area contributed by atoms with Gasteiger partial charge < -0.3 is 15.1 Å². The Hall–Kier alpha value is -1.06. The maximum atomic E-state index is 3.49. The van der Waals surface area contributed by atoms with Crippen LogP contribution in [0.3, 0.4) is 0 Å². The highest BCUT2D eigenvalue weighted by Gasteiger charge is 2.24. The van der Waals surface area contributed by atoms with Gasteiger partial charge in [-0.25, -0.2) is 0 Å². The lowest BCUT2D eigenvalue weighted by Gasteiger charge is -2.23. The van der Waals surface area contributed by atoms with Gasteiger partial charge in [0.2, 0.25) is 0 Å². The van der Waals surface area contributed by atoms with Crippen LogP contribution < -0.4 is 10.2 Å². The number of benzene rings is 1. The Morgan fingerprint density at radius 1 is 1.35 bits per heavy atom. The Morgan fingerprint density at radius 3 is 2.65 bits per heavy atom. The lowest BCUT2D eigenvalue weighted by atomic mass is 10.1. The third-order valence-corrected chi connectivity index (χ3v) is 4.29. The van der Waals surface area contributed by atoms with Crippen LogP contribution in [0.15, 0.2) is 18.2 Å². The van der Waals surface area contributed by atoms with Crippen molar-refractivity contribution < 1.29 is 0 Å². The summed E-state index contributed by atoms with van der Waals surface area (Å²) in [6, 6.07) is 8.13. The van der Waals surface area contributed by atoms with Crippen LogP contribution in [0.2, 0.25) is 0 Å². The molecule has 1 N–H and O–H groups in total. The van der Waals surface area contributed by atoms with Crippen LogP contribution in [0, 0.1) is 6.92 Å². The number of nitrogens with one attached hydrogen (secondary N) is 1. The summed E-state index contributed by atoms with van der Waals surface area (Å²) in [6.45, 7) is 9.89. The largest absolute Gasteiger partial charge is 0.370 e. The van der Waals surface area contributed by atoms with Crippen molar-refractivity contribution in [1.82, 2.24) is 10.2 Å². The second-order valence-corrected chi connectivity index (χ2v) is 6.50. The molecule has 1 heterocycles. The molecule has 1 aromatic carbocycles. The molecule has 20 heavy (non-hydrogen) atoms. The standard InChI is InChI=1S/C17H29N3/c1-13(2)18-11-15-6-7-16(10-14(15)3)20-9-8-17(12-20)19(4)5/h6-7,10,13,17-18H,8-9,11-12H2,1-5H3. The van der Waals surface area contributed by atoms with Crippen LogP contribution in [0.5, 0.6) is 0 Å². The summed E-state index contributed by atoms with van der Waals surface area (Å²) in [5.74, 6) is 0. The quantitative estimate of drug-likeness (QED) is 0.891. The number of hydrogen-bond donors (Lipinski definition) is 1. The van der Waals surface area contributed by atoms with Crippen molar-refractivity contribution in [3.8, 4) is 0 Å². The van der Waals surface area contributed by atoms with E-state index in [9.17, 15) is 0 Å². The van der Waals surface area contributed by atoms with Gasteiger partial charge in [-0.05, 0) is 50.7 Å². The minimum atomic E-state index is 0.536. The molecule has 0 spiro atoms. The van der Waals surface area contributed by atoms with E-state index in [4.69, 9.17) is 0 Å². The monoisotopic (exact) mass is 275 g/mol. The van der Waals surface area contributed by atoms with Crippen LogP contribution in [0.4, 0.5) is 5.69 Å². The maximum absolute atomic E-state index is 3.49. The molecule has 0 amide bonds. The molecule has 1 saturated heterocycles. The summed E-state index contributed by atoms with van der Waals surface area (Å²) in [5.41, 5.74) is 4.18. The predicted octanol–water partition coefficient (Wildman–Crippen LogP) is 2.63. The zero-order chi connectivity index (χ0) is 14.7. The Bertz CT molecular complexity index is 440. The Morgan fingerprint density at radius 2 is 2.10 bits per heavy atom. The van der Waals surface area contributed by atoms with Gasteiger partial charge in [-0.3, -0.25) is 0 Å². The van der Waals surface area contributed by atoms with E-state index in [2.05, 4.69) is 68.2 Å². The average molecular weight is 275 g/mol. The Balaban J connectivity index is 2.02. The molecule has 1 fully saturated rings. The van der Waals surface area contributed by atoms with Gasteiger partial charge in [0.1, 0.15) is 0 Å². The van der Waals surface area contributed by atoms with Gasteiger partial charge in [0.05, 0.1) is 0 Å². The fraction of sp³-hybridized carbons (Fsp3) is 0.647. The van der Waals surface area contributed by atoms with Gasteiger partial charge in [0.15, 0.2) is 0 Å². The molecule has 1 aliphatic rings. The summed E-state index contributed by atoms with van der Waals surface area (Å²) in [7, 11) is 4.36. The topological polar surface area (TPSA) is 18.5 Å². The van der Waals surface area contributed by atoms with Crippen LogP contribution in [0.1, 0.15) is 31.4 Å². The van der Waals surface area contributed by atoms with E-state index in [0.717, 1.165) is 13.1 Å². The van der Waals surface area contributed by atoms with Crippen molar-refractivity contribution in [1.29, 1.82) is 0 Å². The molecule has 3 heteroatoms. The first-order chi connectivity index (χ1) is 9.47. The Kier molecular flexibility index (Phi) is 5.06. The molecule has 1 aliphatic heterocycles. The second-order valence-electron chi connectivity index (χ2n) is 6.50. The Labute approximate surface area is 124 Å². The van der Waals surface area contributed by atoms with E-state index in [-0.39, 0.29) is 0 Å². The van der Waals surface area contributed by atoms with Crippen molar-refractivity contribution >= 4 is 5.69 Å². The van der Waals surface area contributed by atoms with E-state index in [0.29, 0.717) is 12.1 Å². The molecule has 0 radical (unpaired) electrons. The minimum Gasteiger partial charge on any atom is -0.370 e. The van der Waals surface area contributed by atoms with E-state index < -0.39 is 0 Å². The highest BCUT2D eigenvalue weighted by atomic mass is 15.2. The average Bonchev–Trinajstić information content (AvgIpc) is 2.86. The number of anilines is 1. The van der Waals surface area contributed by atoms with Gasteiger partial charge in [0.25, 0.3) is 0 Å². The first kappa shape index (κ1) is 15.3. The van der Waals surface area contributed by atoms with Crippen molar-refractivity contribution in [2.45, 2.75) is 45.8 Å². The van der Waals surface area contributed by atoms with Crippen molar-refractivity contribution in [2.75, 3.05) is 32.1 Å². The molecule has 0 bridgehead atoms. The number of rotatable bonds is 5. The predicted molar refractivity (Wildman–Crippen MR) is 87.5 cm³/mol. The van der Waals surface area contributed by atoms with E-state index in [1.54, 1.807) is 0 Å². The normalized spacial score (nSPS) is 19.4. The second kappa shape index (κ2) is 6.59. The number of nitrogens with zero attached hydrogens (tertiary/aromatic N) is 2. The van der Waals surface area contributed by atoms with Crippen molar-refractivity contribution in [3.05, 3.63) is 29.3 Å². The smallest absolute Gasteiger partial charge is 0.0369 e. The van der Waals surface area contributed by atoms with Gasteiger partial charge >= 0.3 is 0 Å². The van der Waals surface area contributed by atoms with Gasteiger partial charge in [-0.2, -0.15) is 0 Å². The van der Waals surface area contributed by atoms with Gasteiger partial charge in [0, 0.05) is 37.4 Å². The molecule has 0 aromatic heterocycles. The molecule has 112 valence electrons. The zero-order valence-corrected chi connectivity index (χ0v) is 13.6. The maximum Gasteiger partial charge on any atom is 0.0369 e. The van der Waals surface area contributed by atoms with Crippen LogP contribution >= 0.6 is 0 Å². The highest BCUT2D eigenvalue weighted by molar-refractivity contribution is 5.51. The van der Waals surface area contributed by atoms with Gasteiger partial charge in [-0.1, -0.05) is 19.9 Å². The molecular formula is C17H29N3.